The number of nitrogens with one attached hydrogen (secondary N) is 1. The van der Waals surface area contributed by atoms with Gasteiger partial charge >= 0.3 is 0 Å². The summed E-state index contributed by atoms with van der Waals surface area (Å²) in [6, 6.07) is 0.673. The molecule has 0 aromatic rings. The first-order chi connectivity index (χ1) is 5.55. The smallest absolute Gasteiger partial charge is 0.0955 e. The molecule has 0 aliphatic rings. The highest BCUT2D eigenvalue weighted by Crippen LogP contribution is 2.02. The van der Waals surface area contributed by atoms with Gasteiger partial charge in [0.25, 0.3) is 0 Å². The fraction of sp³-hybridized carbons (Fsp3) is 1.00. The lowest BCUT2D eigenvalue weighted by atomic mass is 10.2. The first kappa shape index (κ1) is 11.9. The zero-order valence-corrected chi connectivity index (χ0v) is 9.35. The summed E-state index contributed by atoms with van der Waals surface area (Å²) in [7, 11) is 4.48. The lowest BCUT2D eigenvalue weighted by Crippen LogP contribution is -2.56. The summed E-state index contributed by atoms with van der Waals surface area (Å²) >= 11 is 0. The summed E-state index contributed by atoms with van der Waals surface area (Å²) in [5, 5.41) is 0. The Morgan fingerprint density at radius 1 is 1.08 bits per heavy atom. The topological polar surface area (TPSA) is 12.0 Å². The van der Waals surface area contributed by atoms with Crippen LogP contribution in [0.15, 0.2) is 0 Å². The van der Waals surface area contributed by atoms with Crippen molar-refractivity contribution >= 4 is 0 Å². The van der Waals surface area contributed by atoms with Crippen LogP contribution in [0, 0.1) is 0 Å². The zero-order chi connectivity index (χ0) is 9.61. The van der Waals surface area contributed by atoms with Crippen LogP contribution in [0.2, 0.25) is 0 Å². The van der Waals surface area contributed by atoms with Gasteiger partial charge in [-0.25, -0.2) is 0 Å². The molecular formula is C10H25N2+. The first-order valence-electron chi connectivity index (χ1n) is 5.16. The molecule has 0 saturated carbocycles. The molecule has 2 nitrogen and oxygen atoms in total. The van der Waals surface area contributed by atoms with E-state index in [1.807, 2.05) is 0 Å². The van der Waals surface area contributed by atoms with Gasteiger partial charge in [-0.3, -0.25) is 4.59 Å². The van der Waals surface area contributed by atoms with Crippen molar-refractivity contribution in [2.75, 3.05) is 20.6 Å². The summed E-state index contributed by atoms with van der Waals surface area (Å²) in [6.07, 6.45) is 3.68. The van der Waals surface area contributed by atoms with E-state index in [0.29, 0.717) is 6.04 Å². The maximum absolute atomic E-state index is 3.63. The van der Waals surface area contributed by atoms with Crippen molar-refractivity contribution in [1.29, 1.82) is 0 Å². The highest BCUT2D eigenvalue weighted by Gasteiger charge is 2.17. The highest BCUT2D eigenvalue weighted by atomic mass is 15.6. The Balaban J connectivity index is 3.84. The van der Waals surface area contributed by atoms with Crippen LogP contribution < -0.4 is 5.43 Å². The van der Waals surface area contributed by atoms with Crippen LogP contribution in [0.5, 0.6) is 0 Å². The van der Waals surface area contributed by atoms with Gasteiger partial charge in [0.05, 0.1) is 26.7 Å². The Hall–Kier alpha value is -0.0800. The Kier molecular flexibility index (Phi) is 5.51. The summed E-state index contributed by atoms with van der Waals surface area (Å²) in [6.45, 7) is 7.92. The summed E-state index contributed by atoms with van der Waals surface area (Å²) in [5.74, 6) is 0. The quantitative estimate of drug-likeness (QED) is 0.479. The molecule has 0 heterocycles. The molecule has 12 heavy (non-hydrogen) atoms. The fourth-order valence-electron chi connectivity index (χ4n) is 1.59. The molecule has 0 aliphatic carbocycles. The molecule has 0 radical (unpaired) electrons. The van der Waals surface area contributed by atoms with E-state index >= 15 is 0 Å². The van der Waals surface area contributed by atoms with Crippen molar-refractivity contribution < 1.29 is 4.59 Å². The van der Waals surface area contributed by atoms with E-state index in [0.717, 1.165) is 4.59 Å². The maximum atomic E-state index is 3.63. The monoisotopic (exact) mass is 173 g/mol. The second-order valence-corrected chi connectivity index (χ2v) is 4.05. The largest absolute Gasteiger partial charge is 0.250 e. The molecule has 0 rings (SSSR count). The average molecular weight is 173 g/mol. The third kappa shape index (κ3) is 4.73. The predicted molar refractivity (Wildman–Crippen MR) is 54.8 cm³/mol. The van der Waals surface area contributed by atoms with Gasteiger partial charge in [0.2, 0.25) is 0 Å². The summed E-state index contributed by atoms with van der Waals surface area (Å²) < 4.78 is 0.947. The van der Waals surface area contributed by atoms with Gasteiger partial charge in [-0.2, -0.15) is 5.43 Å². The van der Waals surface area contributed by atoms with Crippen LogP contribution in [0.4, 0.5) is 0 Å². The van der Waals surface area contributed by atoms with Crippen LogP contribution in [-0.2, 0) is 0 Å². The Morgan fingerprint density at radius 3 is 1.92 bits per heavy atom. The first-order valence-corrected chi connectivity index (χ1v) is 5.16. The molecule has 0 atom stereocenters. The van der Waals surface area contributed by atoms with Crippen LogP contribution in [0.25, 0.3) is 0 Å². The van der Waals surface area contributed by atoms with Crippen LogP contribution in [0.1, 0.15) is 40.0 Å². The number of nitrogens with zero attached hydrogens (tertiary/aromatic N) is 1. The van der Waals surface area contributed by atoms with Crippen molar-refractivity contribution in [2.45, 2.75) is 46.1 Å². The molecule has 0 aromatic heterocycles. The van der Waals surface area contributed by atoms with Crippen LogP contribution in [-0.4, -0.2) is 31.3 Å². The Morgan fingerprint density at radius 2 is 1.58 bits per heavy atom. The molecular weight excluding hydrogens is 148 g/mol. The van der Waals surface area contributed by atoms with Crippen molar-refractivity contribution in [3.8, 4) is 0 Å². The van der Waals surface area contributed by atoms with E-state index in [1.165, 1.54) is 25.8 Å². The minimum absolute atomic E-state index is 0.673. The summed E-state index contributed by atoms with van der Waals surface area (Å²) in [4.78, 5) is 0. The van der Waals surface area contributed by atoms with E-state index in [2.05, 4.69) is 40.3 Å². The van der Waals surface area contributed by atoms with E-state index in [4.69, 9.17) is 0 Å². The SMILES string of the molecule is CCC[N+](C)(C)NC(CC)CC. The van der Waals surface area contributed by atoms with Gasteiger partial charge in [-0.05, 0) is 19.3 Å². The van der Waals surface area contributed by atoms with Crippen LogP contribution in [0.3, 0.4) is 0 Å². The molecule has 0 aliphatic heterocycles. The normalized spacial score (nSPS) is 12.5. The van der Waals surface area contributed by atoms with E-state index in [-0.39, 0.29) is 0 Å². The molecule has 1 N–H and O–H groups in total. The van der Waals surface area contributed by atoms with Gasteiger partial charge in [-0.15, -0.1) is 0 Å². The Labute approximate surface area is 77.5 Å². The van der Waals surface area contributed by atoms with E-state index < -0.39 is 0 Å². The van der Waals surface area contributed by atoms with Crippen molar-refractivity contribution in [2.24, 2.45) is 0 Å². The number of hydrogen-bond donors (Lipinski definition) is 1. The number of quaternary nitrogens is 1. The van der Waals surface area contributed by atoms with Gasteiger partial charge in [-0.1, -0.05) is 20.8 Å². The van der Waals surface area contributed by atoms with Crippen LogP contribution >= 0.6 is 0 Å². The van der Waals surface area contributed by atoms with Gasteiger partial charge in [0.1, 0.15) is 0 Å². The van der Waals surface area contributed by atoms with Crippen molar-refractivity contribution in [1.82, 2.24) is 5.43 Å². The predicted octanol–water partition coefficient (Wildman–Crippen LogP) is 2.17. The van der Waals surface area contributed by atoms with Crippen molar-refractivity contribution in [3.05, 3.63) is 0 Å². The molecule has 0 aromatic carbocycles. The van der Waals surface area contributed by atoms with E-state index in [1.54, 1.807) is 0 Å². The number of hydrogen-bond acceptors (Lipinski definition) is 1. The minimum atomic E-state index is 0.673. The lowest BCUT2D eigenvalue weighted by Gasteiger charge is -2.33. The second kappa shape index (κ2) is 5.55. The molecule has 0 unspecified atom stereocenters. The third-order valence-corrected chi connectivity index (χ3v) is 2.30. The molecule has 0 saturated heterocycles. The molecule has 0 amide bonds. The summed E-state index contributed by atoms with van der Waals surface area (Å²) in [5.41, 5.74) is 3.63. The highest BCUT2D eigenvalue weighted by molar-refractivity contribution is 4.55. The molecule has 0 fully saturated rings. The minimum Gasteiger partial charge on any atom is -0.250 e. The van der Waals surface area contributed by atoms with Gasteiger partial charge in [0.15, 0.2) is 0 Å². The second-order valence-electron chi connectivity index (χ2n) is 4.05. The molecule has 0 spiro atoms. The molecule has 2 heteroatoms. The van der Waals surface area contributed by atoms with Gasteiger partial charge in [0, 0.05) is 0 Å². The standard InChI is InChI=1S/C10H25N2/c1-6-9-12(4,5)11-10(7-2)8-3/h10-11H,6-9H2,1-5H3/q+1. The fourth-order valence-corrected chi connectivity index (χ4v) is 1.59. The average Bonchev–Trinajstić information content (AvgIpc) is 2.00. The third-order valence-electron chi connectivity index (χ3n) is 2.30. The van der Waals surface area contributed by atoms with Crippen molar-refractivity contribution in [3.63, 3.8) is 0 Å². The number of rotatable bonds is 6. The Bertz CT molecular complexity index is 106. The zero-order valence-electron chi connectivity index (χ0n) is 9.35. The maximum Gasteiger partial charge on any atom is 0.0955 e. The van der Waals surface area contributed by atoms with E-state index in [9.17, 15) is 0 Å². The van der Waals surface area contributed by atoms with Gasteiger partial charge < -0.3 is 0 Å². The molecule has 0 bridgehead atoms. The lowest BCUT2D eigenvalue weighted by molar-refractivity contribution is -0.937. The molecule has 74 valence electrons.